The Morgan fingerprint density at radius 3 is 2.50 bits per heavy atom. The molecule has 9 nitrogen and oxygen atoms in total. The van der Waals surface area contributed by atoms with Crippen molar-refractivity contribution in [3.05, 3.63) is 30.6 Å². The molecule has 0 spiro atoms. The number of sulfonamides is 1. The maximum atomic E-state index is 13.0. The van der Waals surface area contributed by atoms with Crippen LogP contribution >= 0.6 is 0 Å². The third kappa shape index (κ3) is 4.14. The first kappa shape index (κ1) is 21.0. The molecular weight excluding hydrogens is 425 g/mol. The van der Waals surface area contributed by atoms with Gasteiger partial charge in [0, 0.05) is 25.9 Å². The number of aryl methyl sites for hydroxylation is 1. The fourth-order valence-corrected chi connectivity index (χ4v) is 5.26. The number of hydrogen-bond acceptors (Lipinski definition) is 7. The second kappa shape index (κ2) is 7.78. The van der Waals surface area contributed by atoms with Crippen LogP contribution in [0.2, 0.25) is 0 Å². The van der Waals surface area contributed by atoms with Crippen LogP contribution in [0.25, 0.3) is 0 Å². The van der Waals surface area contributed by atoms with Gasteiger partial charge in [0.25, 0.3) is 10.0 Å². The van der Waals surface area contributed by atoms with Gasteiger partial charge in [-0.25, -0.2) is 23.4 Å². The van der Waals surface area contributed by atoms with Crippen molar-refractivity contribution in [1.82, 2.24) is 28.7 Å². The minimum absolute atomic E-state index is 0.00850. The lowest BCUT2D eigenvalue weighted by atomic mass is 10.2. The van der Waals surface area contributed by atoms with Gasteiger partial charge in [-0.15, -0.1) is 0 Å². The predicted octanol–water partition coefficient (Wildman–Crippen LogP) is 1.15. The quantitative estimate of drug-likeness (QED) is 0.680. The zero-order valence-corrected chi connectivity index (χ0v) is 17.0. The van der Waals surface area contributed by atoms with Crippen LogP contribution in [0, 0.1) is 0 Å². The van der Waals surface area contributed by atoms with E-state index in [2.05, 4.69) is 19.9 Å². The third-order valence-electron chi connectivity index (χ3n) is 5.30. The van der Waals surface area contributed by atoms with Gasteiger partial charge in [0.1, 0.15) is 12.4 Å². The number of likely N-dealkylation sites (tertiary alicyclic amines) is 1. The van der Waals surface area contributed by atoms with Gasteiger partial charge < -0.3 is 9.30 Å². The number of hydrogen-bond donors (Lipinski definition) is 0. The van der Waals surface area contributed by atoms with Crippen molar-refractivity contribution in [2.24, 2.45) is 7.05 Å². The molecule has 2 saturated heterocycles. The number of halogens is 3. The number of nitrogens with zero attached hydrogens (tertiary/aromatic N) is 6. The highest BCUT2D eigenvalue weighted by molar-refractivity contribution is 7.89. The van der Waals surface area contributed by atoms with E-state index in [1.807, 2.05) is 0 Å². The van der Waals surface area contributed by atoms with Crippen LogP contribution in [0.1, 0.15) is 18.5 Å². The summed E-state index contributed by atoms with van der Waals surface area (Å²) in [6.07, 6.45) is 0.254. The minimum atomic E-state index is -4.63. The van der Waals surface area contributed by atoms with E-state index in [9.17, 15) is 21.6 Å². The summed E-state index contributed by atoms with van der Waals surface area (Å²) in [6.45, 7) is 1.71. The molecule has 2 aromatic rings. The van der Waals surface area contributed by atoms with Crippen LogP contribution in [0.4, 0.5) is 13.2 Å². The molecule has 30 heavy (non-hydrogen) atoms. The number of rotatable bonds is 5. The van der Waals surface area contributed by atoms with Gasteiger partial charge in [0.05, 0.1) is 18.9 Å². The van der Waals surface area contributed by atoms with E-state index < -0.39 is 28.0 Å². The van der Waals surface area contributed by atoms with Crippen molar-refractivity contribution in [3.8, 4) is 5.88 Å². The Hall–Kier alpha value is -2.25. The van der Waals surface area contributed by atoms with Crippen molar-refractivity contribution in [2.45, 2.75) is 36.2 Å². The van der Waals surface area contributed by atoms with Gasteiger partial charge in [-0.1, -0.05) is 0 Å². The van der Waals surface area contributed by atoms with E-state index in [4.69, 9.17) is 4.74 Å². The summed E-state index contributed by atoms with van der Waals surface area (Å²) in [4.78, 5) is 13.1. The van der Waals surface area contributed by atoms with Crippen molar-refractivity contribution in [1.29, 1.82) is 0 Å². The van der Waals surface area contributed by atoms with E-state index in [-0.39, 0.29) is 30.0 Å². The van der Waals surface area contributed by atoms with E-state index in [1.54, 1.807) is 7.05 Å². The zero-order chi connectivity index (χ0) is 21.5. The van der Waals surface area contributed by atoms with Gasteiger partial charge in [-0.05, 0) is 25.9 Å². The second-order valence-corrected chi connectivity index (χ2v) is 9.29. The van der Waals surface area contributed by atoms with Crippen LogP contribution in [-0.2, 0) is 23.2 Å². The summed E-state index contributed by atoms with van der Waals surface area (Å²) in [5.41, 5.74) is -1.11. The molecule has 2 aliphatic heterocycles. The number of imidazole rings is 1. The molecule has 0 bridgehead atoms. The molecule has 0 amide bonds. The number of alkyl halides is 3. The molecule has 4 heterocycles. The molecule has 4 rings (SSSR count). The van der Waals surface area contributed by atoms with Crippen LogP contribution in [0.3, 0.4) is 0 Å². The summed E-state index contributed by atoms with van der Waals surface area (Å²) < 4.78 is 73.5. The van der Waals surface area contributed by atoms with Crippen LogP contribution in [0.15, 0.2) is 29.9 Å². The summed E-state index contributed by atoms with van der Waals surface area (Å²) >= 11 is 0. The van der Waals surface area contributed by atoms with Crippen LogP contribution in [-0.4, -0.2) is 75.5 Å². The normalized spacial score (nSPS) is 23.9. The van der Waals surface area contributed by atoms with Crippen molar-refractivity contribution in [3.63, 3.8) is 0 Å². The van der Waals surface area contributed by atoms with Crippen molar-refractivity contribution < 1.29 is 26.3 Å². The Kier molecular flexibility index (Phi) is 5.45. The number of ether oxygens (including phenoxy) is 1. The SMILES string of the molecule is Cn1cnc(S(=O)(=O)N2C[C@@H](N3CCCC3)[C@H](Oc3cc(C(F)(F)F)ncn3)C2)c1. The largest absolute Gasteiger partial charge is 0.471 e. The zero-order valence-electron chi connectivity index (χ0n) is 16.2. The third-order valence-corrected chi connectivity index (χ3v) is 7.02. The Labute approximate surface area is 171 Å². The van der Waals surface area contributed by atoms with Crippen LogP contribution < -0.4 is 4.74 Å². The smallest absolute Gasteiger partial charge is 0.433 e. The van der Waals surface area contributed by atoms with Gasteiger partial charge >= 0.3 is 6.18 Å². The molecule has 2 atom stereocenters. The average Bonchev–Trinajstić information content (AvgIpc) is 3.41. The van der Waals surface area contributed by atoms with Gasteiger partial charge in [0.15, 0.2) is 10.7 Å². The van der Waals surface area contributed by atoms with E-state index in [0.29, 0.717) is 0 Å². The average molecular weight is 446 g/mol. The van der Waals surface area contributed by atoms with Gasteiger partial charge in [-0.2, -0.15) is 17.5 Å². The first-order valence-corrected chi connectivity index (χ1v) is 10.9. The Morgan fingerprint density at radius 2 is 1.87 bits per heavy atom. The molecule has 0 saturated carbocycles. The first-order chi connectivity index (χ1) is 14.1. The van der Waals surface area contributed by atoms with E-state index in [1.165, 1.54) is 21.4 Å². The lowest BCUT2D eigenvalue weighted by Gasteiger charge is -2.28. The predicted molar refractivity (Wildman–Crippen MR) is 98.0 cm³/mol. The Bertz CT molecular complexity index is 1010. The lowest BCUT2D eigenvalue weighted by molar-refractivity contribution is -0.141. The lowest BCUT2D eigenvalue weighted by Crippen LogP contribution is -2.44. The fourth-order valence-electron chi connectivity index (χ4n) is 3.83. The summed E-state index contributed by atoms with van der Waals surface area (Å²) in [7, 11) is -2.19. The molecule has 0 aromatic carbocycles. The molecule has 164 valence electrons. The summed E-state index contributed by atoms with van der Waals surface area (Å²) in [5, 5.41) is -0.0767. The van der Waals surface area contributed by atoms with Crippen molar-refractivity contribution in [2.75, 3.05) is 26.2 Å². The van der Waals surface area contributed by atoms with Gasteiger partial charge in [-0.3, -0.25) is 4.90 Å². The Balaban J connectivity index is 1.59. The minimum Gasteiger partial charge on any atom is -0.471 e. The molecular formula is C17H21F3N6O3S. The monoisotopic (exact) mass is 446 g/mol. The first-order valence-electron chi connectivity index (χ1n) is 9.42. The standard InChI is InChI=1S/C17H21F3N6O3S/c1-24-9-16(23-11-24)30(27,28)26-7-12(25-4-2-3-5-25)13(8-26)29-15-6-14(17(18,19)20)21-10-22-15/h6,9-13H,2-5,7-8H2,1H3/t12-,13-/m1/s1. The van der Waals surface area contributed by atoms with Crippen LogP contribution in [0.5, 0.6) is 5.88 Å². The van der Waals surface area contributed by atoms with E-state index >= 15 is 0 Å². The maximum Gasteiger partial charge on any atom is 0.433 e. The van der Waals surface area contributed by atoms with Gasteiger partial charge in [0.2, 0.25) is 5.88 Å². The highest BCUT2D eigenvalue weighted by Crippen LogP contribution is 2.31. The molecule has 0 radical (unpaired) electrons. The second-order valence-electron chi connectivity index (χ2n) is 7.41. The van der Waals surface area contributed by atoms with Crippen molar-refractivity contribution >= 4 is 10.0 Å². The van der Waals surface area contributed by atoms with E-state index in [0.717, 1.165) is 38.3 Å². The highest BCUT2D eigenvalue weighted by atomic mass is 32.2. The Morgan fingerprint density at radius 1 is 1.13 bits per heavy atom. The summed E-state index contributed by atoms with van der Waals surface area (Å²) in [5.74, 6) is -0.233. The summed E-state index contributed by atoms with van der Waals surface area (Å²) in [6, 6.07) is 0.437. The molecule has 2 aromatic heterocycles. The molecule has 13 heteroatoms. The maximum absolute atomic E-state index is 13.0. The highest BCUT2D eigenvalue weighted by Gasteiger charge is 2.45. The molecule has 0 N–H and O–H groups in total. The fraction of sp³-hybridized carbons (Fsp3) is 0.588. The topological polar surface area (TPSA) is 93.5 Å². The molecule has 2 aliphatic rings. The number of aromatic nitrogens is 4. The molecule has 0 aliphatic carbocycles. The molecule has 0 unspecified atom stereocenters. The molecule has 2 fully saturated rings.